The van der Waals surface area contributed by atoms with E-state index in [4.69, 9.17) is 46.4 Å². The molecule has 0 aromatic carbocycles. The fourth-order valence-corrected chi connectivity index (χ4v) is 1.10. The van der Waals surface area contributed by atoms with Gasteiger partial charge in [0.1, 0.15) is 10.3 Å². The van der Waals surface area contributed by atoms with E-state index in [9.17, 15) is 0 Å². The zero-order valence-electron chi connectivity index (χ0n) is 4.54. The van der Waals surface area contributed by atoms with Crippen LogP contribution in [0.1, 0.15) is 0 Å². The molecule has 0 aliphatic rings. The molecule has 0 atom stereocenters. The standard InChI is InChI=1S/C5HCl4N/c6-2-1-3(7)5(9)10-4(2)8/h1H/i1+1,2+1,3+1,4+1,5+1,10+1. The SMILES string of the molecule is Cl[13c]1[13cH][13c](Cl)[13c](Cl)[15n][13c]1Cl. The molecule has 54 valence electrons. The number of rotatable bonds is 0. The van der Waals surface area contributed by atoms with Gasteiger partial charge in [-0.2, -0.15) is 0 Å². The Hall–Kier alpha value is 0.310. The summed E-state index contributed by atoms with van der Waals surface area (Å²) in [6.07, 6.45) is 0. The van der Waals surface area contributed by atoms with Crippen molar-refractivity contribution in [2.75, 3.05) is 0 Å². The van der Waals surface area contributed by atoms with Crippen molar-refractivity contribution in [3.63, 3.8) is 0 Å². The van der Waals surface area contributed by atoms with Gasteiger partial charge in [0.2, 0.25) is 0 Å². The third-order valence-corrected chi connectivity index (χ3v) is 2.19. The maximum atomic E-state index is 5.55. The highest BCUT2D eigenvalue weighted by atomic mass is 35.5. The third-order valence-electron chi connectivity index (χ3n) is 0.844. The smallest absolute Gasteiger partial charge is 0.149 e. The van der Waals surface area contributed by atoms with Crippen molar-refractivity contribution in [2.24, 2.45) is 0 Å². The minimum atomic E-state index is 0.163. The molecule has 0 N–H and O–H groups in total. The minimum Gasteiger partial charge on any atom is -0.221 e. The third kappa shape index (κ3) is 1.67. The fraction of sp³-hybridized carbons (Fsp3) is 0. The molecule has 0 saturated carbocycles. The Morgan fingerprint density at radius 1 is 0.900 bits per heavy atom. The number of hydrogen-bond acceptors (Lipinski definition) is 1. The van der Waals surface area contributed by atoms with Crippen LogP contribution >= 0.6 is 46.4 Å². The summed E-state index contributed by atoms with van der Waals surface area (Å²) < 4.78 is 0. The molecule has 0 unspecified atom stereocenters. The second kappa shape index (κ2) is 3.14. The van der Waals surface area contributed by atoms with Gasteiger partial charge in [-0.05, 0) is 6.07 Å². The Morgan fingerprint density at radius 2 is 1.30 bits per heavy atom. The summed E-state index contributed by atoms with van der Waals surface area (Å²) in [5, 5.41) is 0.930. The number of nitrogens with zero attached hydrogens (tertiary/aromatic N) is 1. The molecule has 1 aromatic rings. The lowest BCUT2D eigenvalue weighted by atomic mass is 11.5. The van der Waals surface area contributed by atoms with Crippen molar-refractivity contribution in [1.82, 2.24) is 4.98 Å². The van der Waals surface area contributed by atoms with Crippen molar-refractivity contribution in [3.05, 3.63) is 26.4 Å². The second-order valence-corrected chi connectivity index (χ2v) is 3.06. The van der Waals surface area contributed by atoms with Crippen LogP contribution in [0.15, 0.2) is 6.07 Å². The summed E-state index contributed by atoms with van der Waals surface area (Å²) in [6.45, 7) is 0. The minimum absolute atomic E-state index is 0.163. The highest BCUT2D eigenvalue weighted by molar-refractivity contribution is 6.45. The van der Waals surface area contributed by atoms with Gasteiger partial charge in [0, 0.05) is 0 Å². The molecule has 0 saturated heterocycles. The summed E-state index contributed by atoms with van der Waals surface area (Å²) in [7, 11) is 0. The van der Waals surface area contributed by atoms with E-state index in [2.05, 4.69) is 4.98 Å². The van der Waals surface area contributed by atoms with Crippen LogP contribution in [0.25, 0.3) is 0 Å². The Labute approximate surface area is 77.9 Å². The van der Waals surface area contributed by atoms with Crippen molar-refractivity contribution in [1.29, 1.82) is 0 Å². The van der Waals surface area contributed by atoms with Gasteiger partial charge in [-0.1, -0.05) is 46.4 Å². The number of hydrogen-bond donors (Lipinski definition) is 0. The largest absolute Gasteiger partial charge is 0.221 e. The topological polar surface area (TPSA) is 12.9 Å². The fourth-order valence-electron chi connectivity index (χ4n) is 0.423. The molecule has 1 nitrogen and oxygen atoms in total. The Kier molecular flexibility index (Phi) is 2.64. The molecule has 0 spiro atoms. The Bertz CT molecular complexity index is 210. The molecule has 0 fully saturated rings. The molecule has 1 aromatic heterocycles. The quantitative estimate of drug-likeness (QED) is 0.611. The van der Waals surface area contributed by atoms with Crippen LogP contribution in [0.4, 0.5) is 0 Å². The average molecular weight is 223 g/mol. The molecule has 10 heavy (non-hydrogen) atoms. The van der Waals surface area contributed by atoms with E-state index in [0.29, 0.717) is 10.0 Å². The lowest BCUT2D eigenvalue weighted by Gasteiger charge is -1.96. The van der Waals surface area contributed by atoms with E-state index in [1.54, 1.807) is 0 Å². The molecular weight excluding hydrogens is 222 g/mol. The van der Waals surface area contributed by atoms with Crippen LogP contribution in [-0.2, 0) is 0 Å². The van der Waals surface area contributed by atoms with Crippen LogP contribution in [0, 0.1) is 0 Å². The summed E-state index contributed by atoms with van der Waals surface area (Å²) in [5.74, 6) is 0. The maximum absolute atomic E-state index is 5.55. The highest BCUT2D eigenvalue weighted by Crippen LogP contribution is 2.28. The van der Waals surface area contributed by atoms with Crippen LogP contribution in [0.2, 0.25) is 20.4 Å². The highest BCUT2D eigenvalue weighted by Gasteiger charge is 2.03. The zero-order valence-corrected chi connectivity index (χ0v) is 7.56. The molecule has 0 aliphatic heterocycles. The van der Waals surface area contributed by atoms with Gasteiger partial charge >= 0.3 is 0 Å². The van der Waals surface area contributed by atoms with Gasteiger partial charge in [0.05, 0.1) is 10.0 Å². The first kappa shape index (κ1) is 8.41. The van der Waals surface area contributed by atoms with Crippen LogP contribution in [0.3, 0.4) is 0 Å². The predicted molar refractivity (Wildman–Crippen MR) is 44.3 cm³/mol. The monoisotopic (exact) mass is 221 g/mol. The molecular formula is C5HCl4N. The van der Waals surface area contributed by atoms with Gasteiger partial charge < -0.3 is 0 Å². The van der Waals surface area contributed by atoms with Gasteiger partial charge in [-0.3, -0.25) is 0 Å². The zero-order chi connectivity index (χ0) is 7.72. The summed E-state index contributed by atoms with van der Waals surface area (Å²) in [6, 6.07) is 1.45. The molecule has 0 bridgehead atoms. The average Bonchev–Trinajstić information content (AvgIpc) is 1.84. The molecule has 1 rings (SSSR count). The van der Waals surface area contributed by atoms with Gasteiger partial charge in [0.25, 0.3) is 0 Å². The van der Waals surface area contributed by atoms with E-state index in [1.165, 1.54) is 6.07 Å². The number of halogens is 4. The second-order valence-electron chi connectivity index (χ2n) is 1.53. The maximum Gasteiger partial charge on any atom is 0.149 e. The molecule has 0 amide bonds. The van der Waals surface area contributed by atoms with Crippen LogP contribution in [-0.4, -0.2) is 4.98 Å². The normalized spacial score (nSPS) is 10.0. The summed E-state index contributed by atoms with van der Waals surface area (Å²) in [5.41, 5.74) is 0. The van der Waals surface area contributed by atoms with Crippen molar-refractivity contribution < 1.29 is 0 Å². The van der Waals surface area contributed by atoms with Crippen molar-refractivity contribution in [3.8, 4) is 0 Å². The molecule has 0 radical (unpaired) electrons. The van der Waals surface area contributed by atoms with Crippen molar-refractivity contribution in [2.45, 2.75) is 0 Å². The predicted octanol–water partition coefficient (Wildman–Crippen LogP) is 3.70. The van der Waals surface area contributed by atoms with Crippen molar-refractivity contribution >= 4 is 46.4 Å². The van der Waals surface area contributed by atoms with E-state index in [0.717, 1.165) is 0 Å². The first-order valence-corrected chi connectivity index (χ1v) is 3.79. The summed E-state index contributed by atoms with van der Waals surface area (Å²) >= 11 is 22.1. The molecule has 1 heterocycles. The van der Waals surface area contributed by atoms with Crippen LogP contribution < -0.4 is 0 Å². The van der Waals surface area contributed by atoms with Gasteiger partial charge in [0.15, 0.2) is 0 Å². The van der Waals surface area contributed by atoms with E-state index >= 15 is 0 Å². The van der Waals surface area contributed by atoms with Gasteiger partial charge in [-0.25, -0.2) is 4.98 Å². The van der Waals surface area contributed by atoms with E-state index in [1.807, 2.05) is 0 Å². The summed E-state index contributed by atoms with van der Waals surface area (Å²) in [4.78, 5) is 3.64. The van der Waals surface area contributed by atoms with E-state index in [-0.39, 0.29) is 10.3 Å². The lowest BCUT2D eigenvalue weighted by molar-refractivity contribution is 1.33. The lowest BCUT2D eigenvalue weighted by Crippen LogP contribution is -1.78. The van der Waals surface area contributed by atoms with Gasteiger partial charge in [-0.15, -0.1) is 0 Å². The first-order valence-electron chi connectivity index (χ1n) is 2.28. The molecule has 5 heteroatoms. The Balaban J connectivity index is 3.28. The first-order chi connectivity index (χ1) is 4.61. The number of aromatic nitrogens is 1. The number of pyridine rings is 1. The van der Waals surface area contributed by atoms with Crippen LogP contribution in [0.5, 0.6) is 0 Å². The Morgan fingerprint density at radius 3 is 1.60 bits per heavy atom. The van der Waals surface area contributed by atoms with E-state index < -0.39 is 0 Å². The molecule has 0 aliphatic carbocycles.